The van der Waals surface area contributed by atoms with Crippen molar-refractivity contribution in [1.82, 2.24) is 0 Å². The molecule has 0 atom stereocenters. The Morgan fingerprint density at radius 1 is 1.31 bits per heavy atom. The fourth-order valence-corrected chi connectivity index (χ4v) is 1.00. The summed E-state index contributed by atoms with van der Waals surface area (Å²) in [7, 11) is 0. The van der Waals surface area contributed by atoms with Crippen LogP contribution in [-0.2, 0) is 11.2 Å². The summed E-state index contributed by atoms with van der Waals surface area (Å²) in [6.45, 7) is 0. The lowest BCUT2D eigenvalue weighted by atomic mass is 10.1. The maximum Gasteiger partial charge on any atom is 0.303 e. The smallest absolute Gasteiger partial charge is 0.303 e. The van der Waals surface area contributed by atoms with Crippen LogP contribution in [0.4, 0.5) is 8.78 Å². The molecular formula is C9H8F2O2. The summed E-state index contributed by atoms with van der Waals surface area (Å²) in [6.07, 6.45) is -0.383. The van der Waals surface area contributed by atoms with Crippen LogP contribution in [0.15, 0.2) is 18.2 Å². The lowest BCUT2D eigenvalue weighted by Crippen LogP contribution is -2.01. The second kappa shape index (κ2) is 3.98. The molecule has 13 heavy (non-hydrogen) atoms. The van der Waals surface area contributed by atoms with E-state index in [9.17, 15) is 13.6 Å². The second-order valence-electron chi connectivity index (χ2n) is 2.59. The molecule has 70 valence electrons. The summed E-state index contributed by atoms with van der Waals surface area (Å²) in [4.78, 5) is 10.2. The molecule has 4 heteroatoms. The molecule has 0 aliphatic rings. The van der Waals surface area contributed by atoms with Gasteiger partial charge in [0.15, 0.2) is 0 Å². The summed E-state index contributed by atoms with van der Waals surface area (Å²) >= 11 is 0. The normalized spacial score (nSPS) is 10.0. The van der Waals surface area contributed by atoms with E-state index in [0.29, 0.717) is 0 Å². The fraction of sp³-hybridized carbons (Fsp3) is 0.222. The lowest BCUT2D eigenvalue weighted by molar-refractivity contribution is -0.136. The van der Waals surface area contributed by atoms with E-state index in [1.807, 2.05) is 0 Å². The first kappa shape index (κ1) is 9.64. The number of halogens is 2. The summed E-state index contributed by atoms with van der Waals surface area (Å²) in [6, 6.07) is 3.47. The van der Waals surface area contributed by atoms with E-state index < -0.39 is 17.6 Å². The van der Waals surface area contributed by atoms with E-state index in [2.05, 4.69) is 0 Å². The SMILES string of the molecule is O=C(O)CCc1c(F)cccc1F. The van der Waals surface area contributed by atoms with Crippen LogP contribution in [-0.4, -0.2) is 11.1 Å². The summed E-state index contributed by atoms with van der Waals surface area (Å²) in [5, 5.41) is 8.31. The molecule has 0 saturated heterocycles. The van der Waals surface area contributed by atoms with Crippen LogP contribution in [0.25, 0.3) is 0 Å². The summed E-state index contributed by atoms with van der Waals surface area (Å²) in [5.41, 5.74) is -0.162. The van der Waals surface area contributed by atoms with E-state index in [4.69, 9.17) is 5.11 Å². The van der Waals surface area contributed by atoms with Crippen LogP contribution in [0.5, 0.6) is 0 Å². The monoisotopic (exact) mass is 186 g/mol. The van der Waals surface area contributed by atoms with Crippen molar-refractivity contribution in [2.24, 2.45) is 0 Å². The Kier molecular flexibility index (Phi) is 2.95. The average molecular weight is 186 g/mol. The minimum Gasteiger partial charge on any atom is -0.481 e. The zero-order valence-electron chi connectivity index (χ0n) is 6.76. The molecular weight excluding hydrogens is 178 g/mol. The Hall–Kier alpha value is -1.45. The van der Waals surface area contributed by atoms with E-state index in [1.54, 1.807) is 0 Å². The average Bonchev–Trinajstić information content (AvgIpc) is 2.03. The molecule has 0 bridgehead atoms. The van der Waals surface area contributed by atoms with E-state index in [1.165, 1.54) is 6.07 Å². The van der Waals surface area contributed by atoms with Gasteiger partial charge < -0.3 is 5.11 Å². The van der Waals surface area contributed by atoms with Crippen LogP contribution in [0.1, 0.15) is 12.0 Å². The van der Waals surface area contributed by atoms with Crippen LogP contribution in [0, 0.1) is 11.6 Å². The van der Waals surface area contributed by atoms with Crippen molar-refractivity contribution in [3.63, 3.8) is 0 Å². The second-order valence-corrected chi connectivity index (χ2v) is 2.59. The third-order valence-electron chi connectivity index (χ3n) is 1.65. The van der Waals surface area contributed by atoms with Crippen molar-refractivity contribution in [3.05, 3.63) is 35.4 Å². The standard InChI is InChI=1S/C9H8F2O2/c10-7-2-1-3-8(11)6(7)4-5-9(12)13/h1-3H,4-5H2,(H,12,13). The van der Waals surface area contributed by atoms with Gasteiger partial charge >= 0.3 is 5.97 Å². The molecule has 0 radical (unpaired) electrons. The molecule has 1 aromatic carbocycles. The predicted octanol–water partition coefficient (Wildman–Crippen LogP) is 1.98. The third-order valence-corrected chi connectivity index (χ3v) is 1.65. The summed E-state index contributed by atoms with van der Waals surface area (Å²) in [5.74, 6) is -2.45. The highest BCUT2D eigenvalue weighted by Crippen LogP contribution is 2.13. The van der Waals surface area contributed by atoms with Gasteiger partial charge in [-0.05, 0) is 18.6 Å². The van der Waals surface area contributed by atoms with Gasteiger partial charge in [0.1, 0.15) is 11.6 Å². The number of rotatable bonds is 3. The number of hydrogen-bond acceptors (Lipinski definition) is 1. The Labute approximate surface area is 73.8 Å². The highest BCUT2D eigenvalue weighted by Gasteiger charge is 2.09. The first-order valence-corrected chi connectivity index (χ1v) is 3.76. The van der Waals surface area contributed by atoms with Gasteiger partial charge in [0.05, 0.1) is 0 Å². The Morgan fingerprint density at radius 3 is 2.31 bits per heavy atom. The summed E-state index contributed by atoms with van der Waals surface area (Å²) < 4.78 is 25.7. The van der Waals surface area contributed by atoms with Crippen LogP contribution in [0.3, 0.4) is 0 Å². The fourth-order valence-electron chi connectivity index (χ4n) is 1.00. The lowest BCUT2D eigenvalue weighted by Gasteiger charge is -2.01. The number of carbonyl (C=O) groups is 1. The maximum atomic E-state index is 12.9. The van der Waals surface area contributed by atoms with Crippen LogP contribution < -0.4 is 0 Å². The van der Waals surface area contributed by atoms with Gasteiger partial charge in [-0.15, -0.1) is 0 Å². The highest BCUT2D eigenvalue weighted by molar-refractivity contribution is 5.67. The molecule has 0 aromatic heterocycles. The van der Waals surface area contributed by atoms with Gasteiger partial charge in [-0.1, -0.05) is 6.07 Å². The Bertz CT molecular complexity index is 303. The molecule has 1 aromatic rings. The van der Waals surface area contributed by atoms with Gasteiger partial charge in [-0.3, -0.25) is 4.79 Å². The molecule has 0 amide bonds. The van der Waals surface area contributed by atoms with E-state index in [0.717, 1.165) is 12.1 Å². The topological polar surface area (TPSA) is 37.3 Å². The Balaban J connectivity index is 2.81. The van der Waals surface area contributed by atoms with Crippen molar-refractivity contribution in [1.29, 1.82) is 0 Å². The van der Waals surface area contributed by atoms with Gasteiger partial charge in [0.2, 0.25) is 0 Å². The number of hydrogen-bond donors (Lipinski definition) is 1. The molecule has 2 nitrogen and oxygen atoms in total. The molecule has 0 fully saturated rings. The van der Waals surface area contributed by atoms with E-state index in [-0.39, 0.29) is 18.4 Å². The highest BCUT2D eigenvalue weighted by atomic mass is 19.1. The minimum atomic E-state index is -1.07. The molecule has 1 rings (SSSR count). The van der Waals surface area contributed by atoms with Gasteiger partial charge in [0.25, 0.3) is 0 Å². The molecule has 0 aliphatic carbocycles. The van der Waals surface area contributed by atoms with E-state index >= 15 is 0 Å². The third kappa shape index (κ3) is 2.50. The van der Waals surface area contributed by atoms with Crippen molar-refractivity contribution in [2.75, 3.05) is 0 Å². The molecule has 0 spiro atoms. The molecule has 0 aliphatic heterocycles. The van der Waals surface area contributed by atoms with Crippen molar-refractivity contribution < 1.29 is 18.7 Å². The first-order valence-electron chi connectivity index (χ1n) is 3.76. The predicted molar refractivity (Wildman–Crippen MR) is 42.3 cm³/mol. The van der Waals surface area contributed by atoms with Crippen molar-refractivity contribution in [3.8, 4) is 0 Å². The van der Waals surface area contributed by atoms with Crippen LogP contribution in [0.2, 0.25) is 0 Å². The van der Waals surface area contributed by atoms with Gasteiger partial charge in [-0.25, -0.2) is 8.78 Å². The Morgan fingerprint density at radius 2 is 1.85 bits per heavy atom. The molecule has 0 heterocycles. The van der Waals surface area contributed by atoms with Crippen molar-refractivity contribution in [2.45, 2.75) is 12.8 Å². The maximum absolute atomic E-state index is 12.9. The number of carboxylic acid groups (broad SMARTS) is 1. The zero-order chi connectivity index (χ0) is 9.84. The number of benzene rings is 1. The largest absolute Gasteiger partial charge is 0.481 e. The van der Waals surface area contributed by atoms with Gasteiger partial charge in [-0.2, -0.15) is 0 Å². The number of aliphatic carboxylic acids is 1. The number of carboxylic acids is 1. The zero-order valence-corrected chi connectivity index (χ0v) is 6.76. The molecule has 1 N–H and O–H groups in total. The first-order chi connectivity index (χ1) is 6.11. The molecule has 0 unspecified atom stereocenters. The minimum absolute atomic E-state index is 0.117. The van der Waals surface area contributed by atoms with Gasteiger partial charge in [0, 0.05) is 12.0 Å². The van der Waals surface area contributed by atoms with Crippen LogP contribution >= 0.6 is 0 Å². The van der Waals surface area contributed by atoms with Crippen molar-refractivity contribution >= 4 is 5.97 Å². The quantitative estimate of drug-likeness (QED) is 0.783. The molecule has 0 saturated carbocycles.